The lowest BCUT2D eigenvalue weighted by Gasteiger charge is -2.17. The van der Waals surface area contributed by atoms with E-state index in [9.17, 15) is 13.2 Å². The highest BCUT2D eigenvalue weighted by Crippen LogP contribution is 2.24. The Balaban J connectivity index is 1.50. The zero-order valence-corrected chi connectivity index (χ0v) is 15.3. The van der Waals surface area contributed by atoms with Crippen LogP contribution in [0.15, 0.2) is 67.0 Å². The van der Waals surface area contributed by atoms with Crippen LogP contribution in [0.2, 0.25) is 0 Å². The molecule has 1 aliphatic heterocycles. The van der Waals surface area contributed by atoms with E-state index >= 15 is 0 Å². The van der Waals surface area contributed by atoms with E-state index in [2.05, 4.69) is 10.4 Å². The molecule has 0 radical (unpaired) electrons. The van der Waals surface area contributed by atoms with Crippen molar-refractivity contribution in [3.05, 3.63) is 72.6 Å². The highest BCUT2D eigenvalue weighted by molar-refractivity contribution is 7.93. The summed E-state index contributed by atoms with van der Waals surface area (Å²) in [7, 11) is -3.22. The van der Waals surface area contributed by atoms with Crippen molar-refractivity contribution in [2.75, 3.05) is 21.9 Å². The van der Waals surface area contributed by atoms with Gasteiger partial charge in [-0.1, -0.05) is 6.07 Å². The number of hydrogen-bond acceptors (Lipinski definition) is 4. The molecule has 2 heterocycles. The molecule has 138 valence electrons. The minimum atomic E-state index is -3.22. The van der Waals surface area contributed by atoms with Crippen LogP contribution in [0, 0.1) is 0 Å². The van der Waals surface area contributed by atoms with Gasteiger partial charge in [-0.2, -0.15) is 5.10 Å². The molecule has 1 saturated heterocycles. The number of nitrogens with one attached hydrogen (secondary N) is 1. The van der Waals surface area contributed by atoms with Crippen LogP contribution in [0.4, 0.5) is 11.4 Å². The van der Waals surface area contributed by atoms with Crippen LogP contribution in [0.5, 0.6) is 0 Å². The maximum atomic E-state index is 12.5. The third kappa shape index (κ3) is 3.56. The summed E-state index contributed by atoms with van der Waals surface area (Å²) >= 11 is 0. The molecule has 1 amide bonds. The van der Waals surface area contributed by atoms with Crippen molar-refractivity contribution < 1.29 is 13.2 Å². The van der Waals surface area contributed by atoms with Crippen LogP contribution >= 0.6 is 0 Å². The first-order valence-electron chi connectivity index (χ1n) is 8.55. The number of carbonyl (C=O) groups excluding carboxylic acids is 1. The topological polar surface area (TPSA) is 84.3 Å². The average Bonchev–Trinajstić information content (AvgIpc) is 3.31. The van der Waals surface area contributed by atoms with Gasteiger partial charge in [0.05, 0.1) is 17.1 Å². The zero-order chi connectivity index (χ0) is 18.9. The molecular weight excluding hydrogens is 364 g/mol. The molecule has 0 atom stereocenters. The maximum Gasteiger partial charge on any atom is 0.255 e. The minimum absolute atomic E-state index is 0.168. The molecule has 0 unspecified atom stereocenters. The molecule has 4 rings (SSSR count). The van der Waals surface area contributed by atoms with Gasteiger partial charge < -0.3 is 5.32 Å². The van der Waals surface area contributed by atoms with Gasteiger partial charge in [0.25, 0.3) is 5.91 Å². The van der Waals surface area contributed by atoms with Crippen LogP contribution < -0.4 is 9.62 Å². The lowest BCUT2D eigenvalue weighted by Crippen LogP contribution is -2.25. The van der Waals surface area contributed by atoms with Crippen molar-refractivity contribution >= 4 is 27.3 Å². The smallest absolute Gasteiger partial charge is 0.255 e. The second-order valence-electron chi connectivity index (χ2n) is 6.24. The molecule has 3 aromatic rings. The summed E-state index contributed by atoms with van der Waals surface area (Å²) in [5.41, 5.74) is 2.54. The van der Waals surface area contributed by atoms with E-state index in [0.717, 1.165) is 5.69 Å². The Bertz CT molecular complexity index is 1060. The summed E-state index contributed by atoms with van der Waals surface area (Å²) in [6.07, 6.45) is 4.14. The van der Waals surface area contributed by atoms with Gasteiger partial charge in [0.15, 0.2) is 0 Å². The number of aromatic nitrogens is 2. The molecule has 2 aromatic carbocycles. The van der Waals surface area contributed by atoms with Crippen molar-refractivity contribution in [2.45, 2.75) is 6.42 Å². The molecule has 27 heavy (non-hydrogen) atoms. The Morgan fingerprint density at radius 2 is 1.85 bits per heavy atom. The quantitative estimate of drug-likeness (QED) is 0.752. The first kappa shape index (κ1) is 17.3. The summed E-state index contributed by atoms with van der Waals surface area (Å²) in [5.74, 6) is -0.0922. The van der Waals surface area contributed by atoms with Crippen molar-refractivity contribution in [1.29, 1.82) is 0 Å². The third-order valence-electron chi connectivity index (χ3n) is 4.39. The van der Waals surface area contributed by atoms with Crippen LogP contribution in [-0.2, 0) is 10.0 Å². The monoisotopic (exact) mass is 382 g/mol. The summed E-state index contributed by atoms with van der Waals surface area (Å²) in [6.45, 7) is 0.480. The Labute approximate surface area is 157 Å². The van der Waals surface area contributed by atoms with E-state index in [1.54, 1.807) is 41.2 Å². The fraction of sp³-hybridized carbons (Fsp3) is 0.158. The van der Waals surface area contributed by atoms with Gasteiger partial charge in [-0.25, -0.2) is 13.1 Å². The van der Waals surface area contributed by atoms with E-state index in [1.165, 1.54) is 4.31 Å². The second-order valence-corrected chi connectivity index (χ2v) is 8.26. The molecule has 0 spiro atoms. The Morgan fingerprint density at radius 1 is 1.04 bits per heavy atom. The van der Waals surface area contributed by atoms with Crippen LogP contribution in [0.1, 0.15) is 16.8 Å². The predicted octanol–water partition coefficient (Wildman–Crippen LogP) is 2.66. The second kappa shape index (κ2) is 6.88. The lowest BCUT2D eigenvalue weighted by atomic mass is 10.2. The van der Waals surface area contributed by atoms with Crippen molar-refractivity contribution in [3.8, 4) is 5.69 Å². The molecule has 1 aromatic heterocycles. The molecule has 0 saturated carbocycles. The van der Waals surface area contributed by atoms with E-state index in [-0.39, 0.29) is 11.7 Å². The first-order valence-corrected chi connectivity index (χ1v) is 10.2. The van der Waals surface area contributed by atoms with Gasteiger partial charge in [-0.05, 0) is 55.0 Å². The number of anilines is 2. The SMILES string of the molecule is O=C(Nc1cccc(-n2cccn2)c1)c1ccc(N2CCCS2(=O)=O)cc1. The van der Waals surface area contributed by atoms with Gasteiger partial charge in [0.1, 0.15) is 0 Å². The summed E-state index contributed by atoms with van der Waals surface area (Å²) in [5, 5.41) is 7.03. The Kier molecular flexibility index (Phi) is 4.41. The fourth-order valence-corrected chi connectivity index (χ4v) is 4.62. The summed E-state index contributed by atoms with van der Waals surface area (Å²) in [4.78, 5) is 12.5. The predicted molar refractivity (Wildman–Crippen MR) is 104 cm³/mol. The molecule has 0 aliphatic carbocycles. The van der Waals surface area contributed by atoms with Crippen LogP contribution in [0.25, 0.3) is 5.69 Å². The number of benzene rings is 2. The van der Waals surface area contributed by atoms with Crippen molar-refractivity contribution in [3.63, 3.8) is 0 Å². The maximum absolute atomic E-state index is 12.5. The first-order chi connectivity index (χ1) is 13.0. The molecule has 7 nitrogen and oxygen atoms in total. The number of carbonyl (C=O) groups is 1. The third-order valence-corrected chi connectivity index (χ3v) is 6.26. The summed E-state index contributed by atoms with van der Waals surface area (Å²) in [6, 6.07) is 15.8. The largest absolute Gasteiger partial charge is 0.322 e. The van der Waals surface area contributed by atoms with Gasteiger partial charge >= 0.3 is 0 Å². The molecule has 1 aliphatic rings. The zero-order valence-electron chi connectivity index (χ0n) is 14.4. The van der Waals surface area contributed by atoms with E-state index in [1.807, 2.05) is 30.5 Å². The van der Waals surface area contributed by atoms with Crippen LogP contribution in [0.3, 0.4) is 0 Å². The minimum Gasteiger partial charge on any atom is -0.322 e. The normalized spacial score (nSPS) is 15.6. The van der Waals surface area contributed by atoms with Crippen LogP contribution in [-0.4, -0.2) is 36.4 Å². The fourth-order valence-electron chi connectivity index (χ4n) is 3.06. The standard InChI is InChI=1S/C19H18N4O3S/c24-19(21-16-4-1-5-18(14-16)22-11-2-10-20-22)15-6-8-17(9-7-15)23-12-3-13-27(23,25)26/h1-2,4-11,14H,3,12-13H2,(H,21,24). The van der Waals surface area contributed by atoms with Crippen molar-refractivity contribution in [2.24, 2.45) is 0 Å². The van der Waals surface area contributed by atoms with E-state index in [0.29, 0.717) is 29.9 Å². The van der Waals surface area contributed by atoms with E-state index < -0.39 is 10.0 Å². The number of hydrogen-bond donors (Lipinski definition) is 1. The number of amides is 1. The van der Waals surface area contributed by atoms with Gasteiger partial charge in [-0.3, -0.25) is 9.10 Å². The number of rotatable bonds is 4. The highest BCUT2D eigenvalue weighted by Gasteiger charge is 2.28. The van der Waals surface area contributed by atoms with Gasteiger partial charge in [0.2, 0.25) is 10.0 Å². The van der Waals surface area contributed by atoms with Gasteiger partial charge in [0, 0.05) is 30.2 Å². The summed E-state index contributed by atoms with van der Waals surface area (Å²) < 4.78 is 27.1. The molecule has 1 fully saturated rings. The average molecular weight is 382 g/mol. The molecule has 0 bridgehead atoms. The Hall–Kier alpha value is -3.13. The molecule has 1 N–H and O–H groups in total. The lowest BCUT2D eigenvalue weighted by molar-refractivity contribution is 0.102. The molecule has 8 heteroatoms. The number of nitrogens with zero attached hydrogens (tertiary/aromatic N) is 3. The van der Waals surface area contributed by atoms with Crippen molar-refractivity contribution in [1.82, 2.24) is 9.78 Å². The van der Waals surface area contributed by atoms with E-state index in [4.69, 9.17) is 0 Å². The highest BCUT2D eigenvalue weighted by atomic mass is 32.2. The Morgan fingerprint density at radius 3 is 2.52 bits per heavy atom. The molecular formula is C19H18N4O3S. The number of sulfonamides is 1. The van der Waals surface area contributed by atoms with Gasteiger partial charge in [-0.15, -0.1) is 0 Å².